The smallest absolute Gasteiger partial charge is 0.206 e. The van der Waals surface area contributed by atoms with Gasteiger partial charge in [0.2, 0.25) is 0 Å². The molecule has 1 aliphatic carbocycles. The Bertz CT molecular complexity index is 659. The summed E-state index contributed by atoms with van der Waals surface area (Å²) in [7, 11) is -0.480. The predicted octanol–water partition coefficient (Wildman–Crippen LogP) is 8.30. The highest BCUT2D eigenvalue weighted by Gasteiger charge is 2.32. The maximum atomic E-state index is 14.1. The summed E-state index contributed by atoms with van der Waals surface area (Å²) in [5.41, 5.74) is -0.01000. The van der Waals surface area contributed by atoms with Gasteiger partial charge in [-0.05, 0) is 61.1 Å². The molecule has 5 heteroatoms. The van der Waals surface area contributed by atoms with Crippen molar-refractivity contribution in [2.45, 2.75) is 88.8 Å². The SMILES string of the molecule is CCCCC[Si@H]1CC[C@H](C2CCC(c3cc(F)c(C=C(F)F)c(F)c3)CC2)CC1. The quantitative estimate of drug-likeness (QED) is 0.234. The van der Waals surface area contributed by atoms with E-state index < -0.39 is 32.1 Å². The molecule has 29 heavy (non-hydrogen) atoms. The molecule has 0 unspecified atom stereocenters. The first kappa shape index (κ1) is 22.6. The van der Waals surface area contributed by atoms with E-state index in [1.807, 2.05) is 0 Å². The van der Waals surface area contributed by atoms with Crippen molar-refractivity contribution in [3.05, 3.63) is 41.0 Å². The highest BCUT2D eigenvalue weighted by molar-refractivity contribution is 6.58. The highest BCUT2D eigenvalue weighted by Crippen LogP contribution is 2.44. The summed E-state index contributed by atoms with van der Waals surface area (Å²) < 4.78 is 53.0. The minimum atomic E-state index is -2.08. The van der Waals surface area contributed by atoms with Gasteiger partial charge in [0.25, 0.3) is 6.08 Å². The minimum Gasteiger partial charge on any atom is -0.206 e. The molecule has 0 N–H and O–H groups in total. The maximum Gasteiger partial charge on any atom is 0.271 e. The summed E-state index contributed by atoms with van der Waals surface area (Å²) in [6, 6.07) is 7.06. The Morgan fingerprint density at radius 1 is 0.931 bits per heavy atom. The first-order valence-corrected chi connectivity index (χ1v) is 13.9. The van der Waals surface area contributed by atoms with E-state index in [0.717, 1.165) is 37.5 Å². The largest absolute Gasteiger partial charge is 0.271 e. The fraction of sp³-hybridized carbons (Fsp3) is 0.667. The van der Waals surface area contributed by atoms with Crippen LogP contribution in [0.15, 0.2) is 18.2 Å². The van der Waals surface area contributed by atoms with Crippen LogP contribution in [0.1, 0.15) is 81.8 Å². The van der Waals surface area contributed by atoms with Gasteiger partial charge in [-0.1, -0.05) is 57.2 Å². The zero-order valence-corrected chi connectivity index (χ0v) is 18.7. The maximum absolute atomic E-state index is 14.1. The summed E-state index contributed by atoms with van der Waals surface area (Å²) in [6.45, 7) is 2.27. The van der Waals surface area contributed by atoms with Gasteiger partial charge >= 0.3 is 0 Å². The molecule has 0 bridgehead atoms. The summed E-state index contributed by atoms with van der Waals surface area (Å²) >= 11 is 0. The zero-order valence-electron chi connectivity index (χ0n) is 17.5. The van der Waals surface area contributed by atoms with Gasteiger partial charge in [0, 0.05) is 14.9 Å². The van der Waals surface area contributed by atoms with Gasteiger partial charge in [0.05, 0.1) is 5.56 Å². The van der Waals surface area contributed by atoms with E-state index in [1.54, 1.807) is 0 Å². The molecule has 1 aromatic rings. The van der Waals surface area contributed by atoms with Crippen molar-refractivity contribution in [3.63, 3.8) is 0 Å². The van der Waals surface area contributed by atoms with E-state index in [4.69, 9.17) is 0 Å². The van der Waals surface area contributed by atoms with Crippen molar-refractivity contribution in [1.29, 1.82) is 0 Å². The Morgan fingerprint density at radius 2 is 1.52 bits per heavy atom. The standard InChI is InChI=1S/C24H34F4Si/c1-2-3-4-11-29-12-9-19(10-13-29)17-5-7-18(8-6-17)20-14-22(25)21(16-24(27)28)23(26)15-20/h14-19,29H,2-13H2,1H3/t17?,18?,19-,29-. The van der Waals surface area contributed by atoms with Crippen molar-refractivity contribution >= 4 is 14.9 Å². The average molecular weight is 427 g/mol. The Balaban J connectivity index is 1.50. The topological polar surface area (TPSA) is 0 Å². The summed E-state index contributed by atoms with van der Waals surface area (Å²) in [6.07, 6.45) is 9.27. The second kappa shape index (κ2) is 10.8. The molecule has 0 aromatic heterocycles. The second-order valence-electron chi connectivity index (χ2n) is 9.22. The molecular weight excluding hydrogens is 392 g/mol. The average Bonchev–Trinajstić information content (AvgIpc) is 2.71. The van der Waals surface area contributed by atoms with Crippen LogP contribution in [-0.2, 0) is 0 Å². The third-order valence-corrected chi connectivity index (χ3v) is 10.9. The Morgan fingerprint density at radius 3 is 2.07 bits per heavy atom. The van der Waals surface area contributed by atoms with Gasteiger partial charge in [-0.2, -0.15) is 8.78 Å². The third-order valence-electron chi connectivity index (χ3n) is 7.37. The monoisotopic (exact) mass is 426 g/mol. The molecule has 1 heterocycles. The van der Waals surface area contributed by atoms with Crippen molar-refractivity contribution in [2.75, 3.05) is 0 Å². The molecule has 0 radical (unpaired) electrons. The Labute approximate surface area is 174 Å². The predicted molar refractivity (Wildman–Crippen MR) is 115 cm³/mol. The van der Waals surface area contributed by atoms with E-state index in [2.05, 4.69) is 6.92 Å². The molecule has 0 spiro atoms. The molecule has 1 saturated carbocycles. The van der Waals surface area contributed by atoms with Gasteiger partial charge in [-0.15, -0.1) is 0 Å². The van der Waals surface area contributed by atoms with E-state index >= 15 is 0 Å². The van der Waals surface area contributed by atoms with Crippen molar-refractivity contribution in [2.24, 2.45) is 11.8 Å². The minimum absolute atomic E-state index is 0.142. The fourth-order valence-corrected chi connectivity index (χ4v) is 9.17. The molecule has 0 nitrogen and oxygen atoms in total. The molecule has 1 aromatic carbocycles. The fourth-order valence-electron chi connectivity index (χ4n) is 5.64. The molecule has 1 aliphatic heterocycles. The van der Waals surface area contributed by atoms with Crippen molar-refractivity contribution < 1.29 is 17.6 Å². The number of rotatable bonds is 7. The molecular formula is C24H34F4Si. The summed E-state index contributed by atoms with van der Waals surface area (Å²) in [5.74, 6) is -0.0282. The van der Waals surface area contributed by atoms with Gasteiger partial charge in [0.15, 0.2) is 0 Å². The van der Waals surface area contributed by atoms with Crippen LogP contribution in [0.25, 0.3) is 6.08 Å². The lowest BCUT2D eigenvalue weighted by molar-refractivity contribution is 0.216. The van der Waals surface area contributed by atoms with Crippen molar-refractivity contribution in [3.8, 4) is 0 Å². The number of hydrogen-bond acceptors (Lipinski definition) is 0. The first-order chi connectivity index (χ1) is 14.0. The van der Waals surface area contributed by atoms with Gasteiger partial charge in [-0.25, -0.2) is 8.78 Å². The number of unbranched alkanes of at least 4 members (excludes halogenated alkanes) is 2. The molecule has 1 saturated heterocycles. The van der Waals surface area contributed by atoms with E-state index in [9.17, 15) is 17.6 Å². The van der Waals surface area contributed by atoms with Crippen molar-refractivity contribution in [1.82, 2.24) is 0 Å². The number of hydrogen-bond donors (Lipinski definition) is 0. The number of benzene rings is 1. The Kier molecular flexibility index (Phi) is 8.40. The lowest BCUT2D eigenvalue weighted by Crippen LogP contribution is -2.28. The molecule has 2 aliphatic rings. The van der Waals surface area contributed by atoms with Crippen LogP contribution in [0.2, 0.25) is 18.1 Å². The molecule has 2 fully saturated rings. The molecule has 162 valence electrons. The highest BCUT2D eigenvalue weighted by atomic mass is 28.3. The lowest BCUT2D eigenvalue weighted by atomic mass is 9.72. The van der Waals surface area contributed by atoms with Crippen LogP contribution in [0.3, 0.4) is 0 Å². The Hall–Kier alpha value is -1.10. The van der Waals surface area contributed by atoms with Crippen LogP contribution in [-0.4, -0.2) is 8.80 Å². The first-order valence-electron chi connectivity index (χ1n) is 11.5. The van der Waals surface area contributed by atoms with Crippen LogP contribution in [0.5, 0.6) is 0 Å². The lowest BCUT2D eigenvalue weighted by Gasteiger charge is -2.37. The van der Waals surface area contributed by atoms with E-state index in [1.165, 1.54) is 62.4 Å². The van der Waals surface area contributed by atoms with Crippen LogP contribution < -0.4 is 0 Å². The van der Waals surface area contributed by atoms with Gasteiger partial charge in [-0.3, -0.25) is 0 Å². The van der Waals surface area contributed by atoms with Crippen LogP contribution in [0.4, 0.5) is 17.6 Å². The zero-order chi connectivity index (χ0) is 20.8. The number of halogens is 4. The summed E-state index contributed by atoms with van der Waals surface area (Å²) in [5, 5.41) is 0. The molecule has 3 rings (SSSR count). The normalized spacial score (nSPS) is 27.6. The van der Waals surface area contributed by atoms with E-state index in [-0.39, 0.29) is 12.0 Å². The van der Waals surface area contributed by atoms with Gasteiger partial charge in [0.1, 0.15) is 11.6 Å². The van der Waals surface area contributed by atoms with Gasteiger partial charge < -0.3 is 0 Å². The third kappa shape index (κ3) is 6.19. The molecule has 0 atom stereocenters. The van der Waals surface area contributed by atoms with Crippen LogP contribution >= 0.6 is 0 Å². The van der Waals surface area contributed by atoms with Crippen LogP contribution in [0, 0.1) is 23.5 Å². The second-order valence-corrected chi connectivity index (χ2v) is 12.7. The van der Waals surface area contributed by atoms with E-state index in [0.29, 0.717) is 5.56 Å². The molecule has 0 amide bonds. The summed E-state index contributed by atoms with van der Waals surface area (Å²) in [4.78, 5) is 0.